The highest BCUT2D eigenvalue weighted by Crippen LogP contribution is 2.39. The minimum atomic E-state index is -0.427. The monoisotopic (exact) mass is 378 g/mol. The predicted molar refractivity (Wildman–Crippen MR) is 92.6 cm³/mol. The lowest BCUT2D eigenvalue weighted by Gasteiger charge is -2.53. The van der Waals surface area contributed by atoms with Crippen molar-refractivity contribution in [2.45, 2.75) is 31.6 Å². The lowest BCUT2D eigenvalue weighted by atomic mass is 9.86. The van der Waals surface area contributed by atoms with Gasteiger partial charge in [-0.15, -0.1) is 0 Å². The van der Waals surface area contributed by atoms with Crippen molar-refractivity contribution in [2.75, 3.05) is 11.9 Å². The van der Waals surface area contributed by atoms with E-state index in [2.05, 4.69) is 26.6 Å². The van der Waals surface area contributed by atoms with Crippen molar-refractivity contribution >= 4 is 33.2 Å². The molecule has 2 saturated heterocycles. The van der Waals surface area contributed by atoms with Crippen molar-refractivity contribution in [1.82, 2.24) is 5.32 Å². The summed E-state index contributed by atoms with van der Waals surface area (Å²) < 4.78 is 6.08. The van der Waals surface area contributed by atoms with Crippen LogP contribution >= 0.6 is 15.9 Å². The Morgan fingerprint density at radius 3 is 2.65 bits per heavy atom. The highest BCUT2D eigenvalue weighted by atomic mass is 79.9. The molecule has 122 valence electrons. The molecular weight excluding hydrogens is 360 g/mol. The molecular formula is C16H19BrN4O2. The molecule has 1 amide bonds. The number of benzene rings is 1. The van der Waals surface area contributed by atoms with Gasteiger partial charge in [0.15, 0.2) is 0 Å². The highest BCUT2D eigenvalue weighted by molar-refractivity contribution is 9.12. The Morgan fingerprint density at radius 2 is 2.17 bits per heavy atom. The Hall–Kier alpha value is -1.70. The van der Waals surface area contributed by atoms with Crippen LogP contribution in [0.15, 0.2) is 34.4 Å². The van der Waals surface area contributed by atoms with Crippen LogP contribution in [0, 0.1) is 5.41 Å². The summed E-state index contributed by atoms with van der Waals surface area (Å²) in [6.07, 6.45) is 0.957. The number of anilines is 1. The van der Waals surface area contributed by atoms with Crippen LogP contribution in [0.4, 0.5) is 5.69 Å². The van der Waals surface area contributed by atoms with Gasteiger partial charge < -0.3 is 26.5 Å². The van der Waals surface area contributed by atoms with Crippen LogP contribution in [-0.2, 0) is 9.53 Å². The van der Waals surface area contributed by atoms with Gasteiger partial charge in [-0.2, -0.15) is 0 Å². The van der Waals surface area contributed by atoms with E-state index in [9.17, 15) is 4.79 Å². The van der Waals surface area contributed by atoms with Gasteiger partial charge >= 0.3 is 0 Å². The standard InChI is InChI=1S/C16H19BrN4O2/c1-2-10(18)12(17)13(19)16(22)21-9-5-3-8(4-6-9)15-14-11(23-15)7-20-14/h3-6,11,14-15,18,20H,2,7,19H2,1H3,(H,21,22)/b13-12+,18-10?/t11?,14-,15+/m1/s1. The van der Waals surface area contributed by atoms with Crippen molar-refractivity contribution in [1.29, 1.82) is 5.41 Å². The number of morpholine rings is 1. The number of nitrogens with one attached hydrogen (secondary N) is 3. The molecule has 2 aliphatic heterocycles. The van der Waals surface area contributed by atoms with Crippen LogP contribution in [0.1, 0.15) is 25.0 Å². The Kier molecular flexibility index (Phi) is 4.52. The molecule has 3 rings (SSSR count). The fourth-order valence-electron chi connectivity index (χ4n) is 2.63. The summed E-state index contributed by atoms with van der Waals surface area (Å²) in [5.41, 5.74) is 7.83. The Bertz CT molecular complexity index is 671. The topological polar surface area (TPSA) is 100 Å². The quantitative estimate of drug-likeness (QED) is 0.465. The zero-order valence-electron chi connectivity index (χ0n) is 12.7. The van der Waals surface area contributed by atoms with Crippen molar-refractivity contribution in [3.8, 4) is 0 Å². The zero-order valence-corrected chi connectivity index (χ0v) is 14.3. The molecule has 0 spiro atoms. The van der Waals surface area contributed by atoms with Crippen molar-refractivity contribution in [2.24, 2.45) is 5.73 Å². The van der Waals surface area contributed by atoms with E-state index in [4.69, 9.17) is 15.9 Å². The molecule has 0 bridgehead atoms. The summed E-state index contributed by atoms with van der Waals surface area (Å²) in [5.74, 6) is -0.427. The van der Waals surface area contributed by atoms with Crippen LogP contribution in [0.25, 0.3) is 0 Å². The van der Waals surface area contributed by atoms with E-state index in [1.807, 2.05) is 31.2 Å². The smallest absolute Gasteiger partial charge is 0.272 e. The molecule has 6 nitrogen and oxygen atoms in total. The number of ether oxygens (including phenoxy) is 1. The number of nitrogens with two attached hydrogens (primary N) is 1. The van der Waals surface area contributed by atoms with Crippen molar-refractivity contribution < 1.29 is 9.53 Å². The molecule has 2 heterocycles. The fraction of sp³-hybridized carbons (Fsp3) is 0.375. The molecule has 2 fully saturated rings. The Balaban J connectivity index is 1.64. The van der Waals surface area contributed by atoms with E-state index in [0.717, 1.165) is 12.1 Å². The summed E-state index contributed by atoms with van der Waals surface area (Å²) in [4.78, 5) is 12.1. The van der Waals surface area contributed by atoms with E-state index < -0.39 is 5.91 Å². The largest absolute Gasteiger partial charge is 0.393 e. The second kappa shape index (κ2) is 6.43. The number of allylic oxidation sites excluding steroid dienone is 1. The first-order valence-electron chi connectivity index (χ1n) is 7.54. The number of halogens is 1. The minimum Gasteiger partial charge on any atom is -0.393 e. The van der Waals surface area contributed by atoms with Gasteiger partial charge in [0.2, 0.25) is 0 Å². The lowest BCUT2D eigenvalue weighted by molar-refractivity contribution is -0.203. The van der Waals surface area contributed by atoms with Crippen LogP contribution in [-0.4, -0.2) is 30.3 Å². The Morgan fingerprint density at radius 1 is 1.48 bits per heavy atom. The van der Waals surface area contributed by atoms with Gasteiger partial charge in [-0.25, -0.2) is 0 Å². The molecule has 1 aromatic carbocycles. The van der Waals surface area contributed by atoms with Gasteiger partial charge in [0.1, 0.15) is 11.8 Å². The van der Waals surface area contributed by atoms with Gasteiger partial charge in [0.05, 0.1) is 16.6 Å². The summed E-state index contributed by atoms with van der Waals surface area (Å²) in [7, 11) is 0. The van der Waals surface area contributed by atoms with E-state index in [1.54, 1.807) is 0 Å². The molecule has 1 aromatic rings. The second-order valence-corrected chi connectivity index (χ2v) is 6.46. The molecule has 23 heavy (non-hydrogen) atoms. The van der Waals surface area contributed by atoms with Gasteiger partial charge in [-0.3, -0.25) is 4.79 Å². The third kappa shape index (κ3) is 3.04. The van der Waals surface area contributed by atoms with Gasteiger partial charge in [0.25, 0.3) is 5.91 Å². The first kappa shape index (κ1) is 16.2. The van der Waals surface area contributed by atoms with Gasteiger partial charge in [-0.1, -0.05) is 19.1 Å². The molecule has 0 radical (unpaired) electrons. The molecule has 0 aliphatic carbocycles. The van der Waals surface area contributed by atoms with Gasteiger partial charge in [0, 0.05) is 17.9 Å². The molecule has 0 saturated carbocycles. The normalized spacial score (nSPS) is 26.3. The molecule has 5 N–H and O–H groups in total. The number of hydrogen-bond acceptors (Lipinski definition) is 5. The number of hydrogen-bond donors (Lipinski definition) is 4. The summed E-state index contributed by atoms with van der Waals surface area (Å²) >= 11 is 3.19. The average Bonchev–Trinajstić information content (AvgIpc) is 2.55. The number of amides is 1. The molecule has 0 aromatic heterocycles. The number of fused-ring (bicyclic) bond motifs is 1. The number of carbonyl (C=O) groups is 1. The van der Waals surface area contributed by atoms with Crippen LogP contribution in [0.5, 0.6) is 0 Å². The molecule has 7 heteroatoms. The fourth-order valence-corrected chi connectivity index (χ4v) is 3.09. The van der Waals surface area contributed by atoms with Crippen molar-refractivity contribution in [3.05, 3.63) is 40.0 Å². The predicted octanol–water partition coefficient (Wildman–Crippen LogP) is 2.03. The Labute approximate surface area is 143 Å². The van der Waals surface area contributed by atoms with E-state index >= 15 is 0 Å². The SMILES string of the molecule is CCC(=N)/C(Br)=C(\N)C(=O)Nc1ccc([C@@H]2OC3CN[C@H]32)cc1. The minimum absolute atomic E-state index is 0.00441. The lowest BCUT2D eigenvalue weighted by Crippen LogP contribution is -2.69. The summed E-state index contributed by atoms with van der Waals surface area (Å²) in [6.45, 7) is 2.76. The first-order valence-corrected chi connectivity index (χ1v) is 8.33. The average molecular weight is 379 g/mol. The molecule has 1 unspecified atom stereocenters. The molecule has 3 atom stereocenters. The highest BCUT2D eigenvalue weighted by Gasteiger charge is 2.49. The zero-order chi connectivity index (χ0) is 16.6. The van der Waals surface area contributed by atoms with E-state index in [0.29, 0.717) is 28.7 Å². The maximum atomic E-state index is 12.1. The summed E-state index contributed by atoms with van der Waals surface area (Å²) in [5, 5.41) is 13.8. The maximum Gasteiger partial charge on any atom is 0.272 e. The number of rotatable bonds is 5. The summed E-state index contributed by atoms with van der Waals surface area (Å²) in [6, 6.07) is 7.97. The second-order valence-electron chi connectivity index (χ2n) is 5.67. The van der Waals surface area contributed by atoms with E-state index in [-0.39, 0.29) is 17.5 Å². The van der Waals surface area contributed by atoms with Crippen molar-refractivity contribution in [3.63, 3.8) is 0 Å². The van der Waals surface area contributed by atoms with Crippen LogP contribution < -0.4 is 16.4 Å². The molecule has 2 aliphatic rings. The third-order valence-electron chi connectivity index (χ3n) is 4.20. The first-order chi connectivity index (χ1) is 11.0. The maximum absolute atomic E-state index is 12.1. The van der Waals surface area contributed by atoms with Crippen LogP contribution in [0.3, 0.4) is 0 Å². The number of carbonyl (C=O) groups excluding carboxylic acids is 1. The van der Waals surface area contributed by atoms with Crippen LogP contribution in [0.2, 0.25) is 0 Å². The van der Waals surface area contributed by atoms with Gasteiger partial charge in [-0.05, 0) is 40.0 Å². The van der Waals surface area contributed by atoms with E-state index in [1.165, 1.54) is 0 Å². The third-order valence-corrected chi connectivity index (χ3v) is 5.11.